The van der Waals surface area contributed by atoms with E-state index in [0.717, 1.165) is 25.8 Å². The van der Waals surface area contributed by atoms with Gasteiger partial charge >= 0.3 is 5.97 Å². The molecule has 17 heavy (non-hydrogen) atoms. The van der Waals surface area contributed by atoms with Crippen LogP contribution in [-0.4, -0.2) is 36.9 Å². The zero-order valence-electron chi connectivity index (χ0n) is 10.8. The molecule has 0 amide bonds. The van der Waals surface area contributed by atoms with E-state index in [4.69, 9.17) is 4.74 Å². The number of aliphatic hydroxyl groups excluding tert-OH is 1. The summed E-state index contributed by atoms with van der Waals surface area (Å²) in [7, 11) is 0. The highest BCUT2D eigenvalue weighted by molar-refractivity contribution is 5.69. The Morgan fingerprint density at radius 1 is 1.41 bits per heavy atom. The number of unbranched alkanes of at least 4 members (excludes halogenated alkanes) is 2. The van der Waals surface area contributed by atoms with E-state index in [0.29, 0.717) is 25.5 Å². The van der Waals surface area contributed by atoms with Crippen molar-refractivity contribution in [1.29, 1.82) is 0 Å². The number of esters is 1. The molecule has 0 heterocycles. The summed E-state index contributed by atoms with van der Waals surface area (Å²) >= 11 is 0. The second-order valence-corrected chi connectivity index (χ2v) is 4.72. The number of carbonyl (C=O) groups excluding carboxylic acids is 1. The van der Waals surface area contributed by atoms with Gasteiger partial charge in [-0.05, 0) is 45.1 Å². The minimum absolute atomic E-state index is 0.0929. The van der Waals surface area contributed by atoms with Crippen molar-refractivity contribution in [2.24, 2.45) is 5.92 Å². The predicted molar refractivity (Wildman–Crippen MR) is 66.7 cm³/mol. The normalized spacial score (nSPS) is 16.8. The standard InChI is InChI=1S/C13H25NO3/c1-2-17-13(16)6-4-3-5-9-14-10-12(15)11-7-8-11/h11-12,14-15H,2-10H2,1H3. The SMILES string of the molecule is CCOC(=O)CCCCCNCC(O)C1CC1. The molecule has 1 aliphatic rings. The van der Waals surface area contributed by atoms with Crippen LogP contribution in [0.1, 0.15) is 45.4 Å². The van der Waals surface area contributed by atoms with Crippen LogP contribution >= 0.6 is 0 Å². The van der Waals surface area contributed by atoms with Crippen LogP contribution in [0.15, 0.2) is 0 Å². The molecule has 1 aliphatic carbocycles. The largest absolute Gasteiger partial charge is 0.466 e. The first-order valence-electron chi connectivity index (χ1n) is 6.78. The topological polar surface area (TPSA) is 58.6 Å². The molecule has 0 bridgehead atoms. The maximum Gasteiger partial charge on any atom is 0.305 e. The fourth-order valence-electron chi connectivity index (χ4n) is 1.83. The second kappa shape index (κ2) is 8.48. The first-order valence-corrected chi connectivity index (χ1v) is 6.78. The Morgan fingerprint density at radius 2 is 2.18 bits per heavy atom. The van der Waals surface area contributed by atoms with Gasteiger partial charge in [0.25, 0.3) is 0 Å². The number of rotatable bonds is 10. The molecule has 1 fully saturated rings. The molecular weight excluding hydrogens is 218 g/mol. The summed E-state index contributed by atoms with van der Waals surface area (Å²) in [5, 5.41) is 12.9. The van der Waals surface area contributed by atoms with Crippen LogP contribution in [0.2, 0.25) is 0 Å². The maximum atomic E-state index is 11.0. The lowest BCUT2D eigenvalue weighted by Gasteiger charge is -2.10. The lowest BCUT2D eigenvalue weighted by Crippen LogP contribution is -2.28. The fraction of sp³-hybridized carbons (Fsp3) is 0.923. The minimum Gasteiger partial charge on any atom is -0.466 e. The Balaban J connectivity index is 1.79. The van der Waals surface area contributed by atoms with Crippen molar-refractivity contribution >= 4 is 5.97 Å². The van der Waals surface area contributed by atoms with E-state index in [1.807, 2.05) is 6.92 Å². The molecule has 4 heteroatoms. The van der Waals surface area contributed by atoms with Gasteiger partial charge in [0.2, 0.25) is 0 Å². The van der Waals surface area contributed by atoms with Gasteiger partial charge in [-0.3, -0.25) is 4.79 Å². The molecule has 0 aromatic carbocycles. The van der Waals surface area contributed by atoms with Crippen molar-refractivity contribution < 1.29 is 14.6 Å². The lowest BCUT2D eigenvalue weighted by molar-refractivity contribution is -0.143. The molecule has 4 nitrogen and oxygen atoms in total. The monoisotopic (exact) mass is 243 g/mol. The average molecular weight is 243 g/mol. The van der Waals surface area contributed by atoms with E-state index in [9.17, 15) is 9.90 Å². The molecular formula is C13H25NO3. The van der Waals surface area contributed by atoms with Crippen molar-refractivity contribution in [3.63, 3.8) is 0 Å². The molecule has 0 spiro atoms. The third-order valence-electron chi connectivity index (χ3n) is 3.06. The fourth-order valence-corrected chi connectivity index (χ4v) is 1.83. The second-order valence-electron chi connectivity index (χ2n) is 4.72. The highest BCUT2D eigenvalue weighted by Crippen LogP contribution is 2.32. The van der Waals surface area contributed by atoms with Gasteiger partial charge in [0.05, 0.1) is 12.7 Å². The molecule has 0 aliphatic heterocycles. The van der Waals surface area contributed by atoms with E-state index >= 15 is 0 Å². The maximum absolute atomic E-state index is 11.0. The minimum atomic E-state index is -0.158. The van der Waals surface area contributed by atoms with E-state index in [1.165, 1.54) is 12.8 Å². The predicted octanol–water partition coefficient (Wildman–Crippen LogP) is 1.47. The molecule has 2 N–H and O–H groups in total. The summed E-state index contributed by atoms with van der Waals surface area (Å²) < 4.78 is 4.85. The molecule has 0 radical (unpaired) electrons. The third-order valence-corrected chi connectivity index (χ3v) is 3.06. The van der Waals surface area contributed by atoms with Crippen molar-refractivity contribution in [3.05, 3.63) is 0 Å². The van der Waals surface area contributed by atoms with Gasteiger partial charge in [0, 0.05) is 13.0 Å². The highest BCUT2D eigenvalue weighted by atomic mass is 16.5. The van der Waals surface area contributed by atoms with Crippen molar-refractivity contribution in [2.45, 2.75) is 51.6 Å². The number of ether oxygens (including phenoxy) is 1. The molecule has 0 aromatic rings. The number of hydrogen-bond donors (Lipinski definition) is 2. The van der Waals surface area contributed by atoms with Crippen LogP contribution < -0.4 is 5.32 Å². The molecule has 0 saturated heterocycles. The first kappa shape index (κ1) is 14.5. The summed E-state index contributed by atoms with van der Waals surface area (Å²) in [5.74, 6) is 0.455. The molecule has 1 rings (SSSR count). The van der Waals surface area contributed by atoms with Crippen molar-refractivity contribution in [2.75, 3.05) is 19.7 Å². The van der Waals surface area contributed by atoms with Gasteiger partial charge in [-0.2, -0.15) is 0 Å². The van der Waals surface area contributed by atoms with Crippen molar-refractivity contribution in [1.82, 2.24) is 5.32 Å². The Morgan fingerprint density at radius 3 is 2.82 bits per heavy atom. The Bertz CT molecular complexity index is 217. The molecule has 1 atom stereocenters. The Hall–Kier alpha value is -0.610. The number of aliphatic hydroxyl groups is 1. The summed E-state index contributed by atoms with van der Waals surface area (Å²) in [5.41, 5.74) is 0. The quantitative estimate of drug-likeness (QED) is 0.450. The van der Waals surface area contributed by atoms with Crippen LogP contribution in [0.5, 0.6) is 0 Å². The van der Waals surface area contributed by atoms with Gasteiger partial charge < -0.3 is 15.2 Å². The van der Waals surface area contributed by atoms with Crippen LogP contribution in [0.25, 0.3) is 0 Å². The summed E-state index contributed by atoms with van der Waals surface area (Å²) in [4.78, 5) is 11.0. The number of nitrogens with one attached hydrogen (secondary N) is 1. The number of carbonyl (C=O) groups is 1. The number of hydrogen-bond acceptors (Lipinski definition) is 4. The van der Waals surface area contributed by atoms with E-state index in [-0.39, 0.29) is 12.1 Å². The van der Waals surface area contributed by atoms with E-state index in [1.54, 1.807) is 0 Å². The smallest absolute Gasteiger partial charge is 0.305 e. The van der Waals surface area contributed by atoms with E-state index < -0.39 is 0 Å². The molecule has 1 saturated carbocycles. The van der Waals surface area contributed by atoms with Crippen LogP contribution in [0.3, 0.4) is 0 Å². The lowest BCUT2D eigenvalue weighted by atomic mass is 10.2. The van der Waals surface area contributed by atoms with Gasteiger partial charge in [-0.15, -0.1) is 0 Å². The summed E-state index contributed by atoms with van der Waals surface area (Å²) in [6.07, 6.45) is 5.71. The van der Waals surface area contributed by atoms with Gasteiger partial charge in [-0.1, -0.05) is 6.42 Å². The summed E-state index contributed by atoms with van der Waals surface area (Å²) in [6.45, 7) is 3.93. The third kappa shape index (κ3) is 7.34. The van der Waals surface area contributed by atoms with E-state index in [2.05, 4.69) is 5.32 Å². The molecule has 1 unspecified atom stereocenters. The summed E-state index contributed by atoms with van der Waals surface area (Å²) in [6, 6.07) is 0. The molecule has 100 valence electrons. The highest BCUT2D eigenvalue weighted by Gasteiger charge is 2.28. The first-order chi connectivity index (χ1) is 8.24. The van der Waals surface area contributed by atoms with Crippen LogP contribution in [0.4, 0.5) is 0 Å². The van der Waals surface area contributed by atoms with Crippen LogP contribution in [0, 0.1) is 5.92 Å². The van der Waals surface area contributed by atoms with Crippen LogP contribution in [-0.2, 0) is 9.53 Å². The van der Waals surface area contributed by atoms with Gasteiger partial charge in [0.1, 0.15) is 0 Å². The van der Waals surface area contributed by atoms with Gasteiger partial charge in [0.15, 0.2) is 0 Å². The average Bonchev–Trinajstić information content (AvgIpc) is 3.11. The zero-order valence-corrected chi connectivity index (χ0v) is 10.8. The Labute approximate surface area is 104 Å². The van der Waals surface area contributed by atoms with Crippen molar-refractivity contribution in [3.8, 4) is 0 Å². The Kier molecular flexibility index (Phi) is 7.21. The van der Waals surface area contributed by atoms with Gasteiger partial charge in [-0.25, -0.2) is 0 Å². The molecule has 0 aromatic heterocycles. The zero-order chi connectivity index (χ0) is 12.5.